The van der Waals surface area contributed by atoms with Crippen LogP contribution in [0.4, 0.5) is 5.69 Å². The van der Waals surface area contributed by atoms with Gasteiger partial charge in [-0.2, -0.15) is 0 Å². The number of quaternary nitrogens is 1. The molecule has 0 aromatic heterocycles. The molecule has 27 heavy (non-hydrogen) atoms. The van der Waals surface area contributed by atoms with Crippen LogP contribution in [0.3, 0.4) is 0 Å². The van der Waals surface area contributed by atoms with Crippen molar-refractivity contribution in [3.05, 3.63) is 66.2 Å². The lowest BCUT2D eigenvalue weighted by Crippen LogP contribution is -3.18. The molecule has 2 aromatic carbocycles. The number of amides is 1. The van der Waals surface area contributed by atoms with Crippen LogP contribution in [0, 0.1) is 0 Å². The zero-order chi connectivity index (χ0) is 18.5. The summed E-state index contributed by atoms with van der Waals surface area (Å²) >= 11 is 0. The first-order valence-corrected chi connectivity index (χ1v) is 10.3. The number of nitrogens with one attached hydrogen (secondary N) is 1. The van der Waals surface area contributed by atoms with Gasteiger partial charge in [0.1, 0.15) is 0 Å². The number of piperidine rings is 1. The summed E-state index contributed by atoms with van der Waals surface area (Å²) in [4.78, 5) is 18.9. The fraction of sp³-hybridized carbons (Fsp3) is 0.435. The van der Waals surface area contributed by atoms with Crippen LogP contribution in [0.5, 0.6) is 0 Å². The quantitative estimate of drug-likeness (QED) is 0.893. The van der Waals surface area contributed by atoms with E-state index in [-0.39, 0.29) is 5.91 Å². The van der Waals surface area contributed by atoms with E-state index in [0.717, 1.165) is 44.6 Å². The molecule has 4 nitrogen and oxygen atoms in total. The molecule has 1 N–H and O–H groups in total. The van der Waals surface area contributed by atoms with Gasteiger partial charge in [-0.25, -0.2) is 0 Å². The molecule has 0 aliphatic carbocycles. The lowest BCUT2D eigenvalue weighted by molar-refractivity contribution is -0.927. The third-order valence-corrected chi connectivity index (χ3v) is 6.15. The van der Waals surface area contributed by atoms with E-state index in [9.17, 15) is 4.79 Å². The average Bonchev–Trinajstić information content (AvgIpc) is 2.75. The van der Waals surface area contributed by atoms with Crippen LogP contribution in [0.15, 0.2) is 60.7 Å². The van der Waals surface area contributed by atoms with Crippen LogP contribution >= 0.6 is 0 Å². The Morgan fingerprint density at radius 3 is 2.07 bits per heavy atom. The van der Waals surface area contributed by atoms with Crippen molar-refractivity contribution in [3.8, 4) is 0 Å². The summed E-state index contributed by atoms with van der Waals surface area (Å²) in [5.74, 6) is 0.281. The van der Waals surface area contributed by atoms with Gasteiger partial charge in [0.05, 0.1) is 38.6 Å². The van der Waals surface area contributed by atoms with Gasteiger partial charge < -0.3 is 14.7 Å². The third kappa shape index (κ3) is 4.51. The molecule has 0 atom stereocenters. The zero-order valence-electron chi connectivity index (χ0n) is 16.0. The molecule has 0 saturated carbocycles. The normalized spacial score (nSPS) is 19.3. The molecule has 142 valence electrons. The first kappa shape index (κ1) is 18.1. The van der Waals surface area contributed by atoms with Crippen molar-refractivity contribution in [3.63, 3.8) is 0 Å². The Bertz CT molecular complexity index is 718. The van der Waals surface area contributed by atoms with Crippen molar-refractivity contribution >= 4 is 11.6 Å². The second-order valence-electron chi connectivity index (χ2n) is 7.80. The van der Waals surface area contributed by atoms with Crippen molar-refractivity contribution in [2.75, 3.05) is 44.2 Å². The molecule has 2 aliphatic rings. The van der Waals surface area contributed by atoms with E-state index in [1.54, 1.807) is 4.90 Å². The van der Waals surface area contributed by atoms with Crippen LogP contribution in [-0.2, 0) is 11.2 Å². The van der Waals surface area contributed by atoms with Gasteiger partial charge in [-0.05, 0) is 17.7 Å². The molecule has 1 amide bonds. The van der Waals surface area contributed by atoms with Crippen LogP contribution in [0.25, 0.3) is 0 Å². The highest BCUT2D eigenvalue weighted by Crippen LogP contribution is 2.14. The van der Waals surface area contributed by atoms with Gasteiger partial charge in [0, 0.05) is 31.6 Å². The number of benzene rings is 2. The van der Waals surface area contributed by atoms with Crippen LogP contribution in [-0.4, -0.2) is 56.1 Å². The summed E-state index contributed by atoms with van der Waals surface area (Å²) in [6.45, 7) is 6.51. The summed E-state index contributed by atoms with van der Waals surface area (Å²) in [7, 11) is 0. The van der Waals surface area contributed by atoms with Crippen molar-refractivity contribution in [1.29, 1.82) is 0 Å². The van der Waals surface area contributed by atoms with E-state index in [0.29, 0.717) is 12.5 Å². The lowest BCUT2D eigenvalue weighted by Gasteiger charge is -2.41. The monoisotopic (exact) mass is 364 g/mol. The standard InChI is InChI=1S/C23H29N3O/c27-23(19-20-7-3-1-4-8-20)26-13-11-22(12-14-26)25-17-15-24(16-18-25)21-9-5-2-6-10-21/h1-10,22H,11-19H2/p+1. The van der Waals surface area contributed by atoms with Crippen molar-refractivity contribution in [1.82, 2.24) is 4.90 Å². The Hall–Kier alpha value is -2.33. The van der Waals surface area contributed by atoms with Gasteiger partial charge in [-0.3, -0.25) is 4.79 Å². The molecular formula is C23H30N3O+. The van der Waals surface area contributed by atoms with Gasteiger partial charge in [-0.1, -0.05) is 48.5 Å². The minimum atomic E-state index is 0.281. The Morgan fingerprint density at radius 1 is 0.852 bits per heavy atom. The summed E-state index contributed by atoms with van der Waals surface area (Å²) in [5.41, 5.74) is 2.46. The van der Waals surface area contributed by atoms with E-state index < -0.39 is 0 Å². The number of carbonyl (C=O) groups excluding carboxylic acids is 1. The number of hydrogen-bond donors (Lipinski definition) is 1. The van der Waals surface area contributed by atoms with Gasteiger partial charge in [0.2, 0.25) is 5.91 Å². The highest BCUT2D eigenvalue weighted by molar-refractivity contribution is 5.78. The molecule has 2 fully saturated rings. The predicted molar refractivity (Wildman–Crippen MR) is 109 cm³/mol. The van der Waals surface area contributed by atoms with Crippen LogP contribution < -0.4 is 9.80 Å². The first-order valence-electron chi connectivity index (χ1n) is 10.3. The third-order valence-electron chi connectivity index (χ3n) is 6.15. The molecule has 2 aliphatic heterocycles. The van der Waals surface area contributed by atoms with Crippen molar-refractivity contribution in [2.24, 2.45) is 0 Å². The Kier molecular flexibility index (Phi) is 5.73. The number of para-hydroxylation sites is 1. The second kappa shape index (κ2) is 8.57. The van der Waals surface area contributed by atoms with Gasteiger partial charge in [0.15, 0.2) is 0 Å². The maximum atomic E-state index is 12.6. The van der Waals surface area contributed by atoms with E-state index >= 15 is 0 Å². The summed E-state index contributed by atoms with van der Waals surface area (Å²) in [6.07, 6.45) is 2.82. The summed E-state index contributed by atoms with van der Waals surface area (Å²) < 4.78 is 0. The Labute approximate surface area is 162 Å². The maximum Gasteiger partial charge on any atom is 0.226 e. The maximum absolute atomic E-state index is 12.6. The molecule has 0 unspecified atom stereocenters. The molecule has 0 radical (unpaired) electrons. The van der Waals surface area contributed by atoms with Gasteiger partial charge in [0.25, 0.3) is 0 Å². The molecule has 2 aromatic rings. The number of piperazine rings is 1. The molecule has 0 spiro atoms. The zero-order valence-corrected chi connectivity index (χ0v) is 16.0. The fourth-order valence-corrected chi connectivity index (χ4v) is 4.52. The molecule has 2 heterocycles. The highest BCUT2D eigenvalue weighted by Gasteiger charge is 2.31. The summed E-state index contributed by atoms with van der Waals surface area (Å²) in [6, 6.07) is 21.6. The molecular weight excluding hydrogens is 334 g/mol. The van der Waals surface area contributed by atoms with E-state index in [1.807, 2.05) is 30.3 Å². The highest BCUT2D eigenvalue weighted by atomic mass is 16.2. The smallest absolute Gasteiger partial charge is 0.226 e. The molecule has 4 rings (SSSR count). The molecule has 4 heteroatoms. The Balaban J connectivity index is 1.23. The van der Waals surface area contributed by atoms with Crippen molar-refractivity contribution < 1.29 is 9.69 Å². The number of rotatable bonds is 4. The number of nitrogens with zero attached hydrogens (tertiary/aromatic N) is 2. The lowest BCUT2D eigenvalue weighted by atomic mass is 10.0. The largest absolute Gasteiger partial charge is 0.360 e. The number of hydrogen-bond acceptors (Lipinski definition) is 2. The van der Waals surface area contributed by atoms with Gasteiger partial charge >= 0.3 is 0 Å². The summed E-state index contributed by atoms with van der Waals surface area (Å²) in [5, 5.41) is 0. The predicted octanol–water partition coefficient (Wildman–Crippen LogP) is 1.63. The average molecular weight is 365 g/mol. The number of carbonyl (C=O) groups is 1. The minimum Gasteiger partial charge on any atom is -0.360 e. The Morgan fingerprint density at radius 2 is 1.44 bits per heavy atom. The van der Waals surface area contributed by atoms with Crippen molar-refractivity contribution in [2.45, 2.75) is 25.3 Å². The first-order chi connectivity index (χ1) is 13.3. The SMILES string of the molecule is O=C(Cc1ccccc1)N1CCC([NH+]2CCN(c3ccccc3)CC2)CC1. The molecule has 2 saturated heterocycles. The van der Waals surface area contributed by atoms with Crippen LogP contribution in [0.2, 0.25) is 0 Å². The van der Waals surface area contributed by atoms with E-state index in [2.05, 4.69) is 40.1 Å². The topological polar surface area (TPSA) is 28.0 Å². The second-order valence-corrected chi connectivity index (χ2v) is 7.80. The molecule has 0 bridgehead atoms. The number of likely N-dealkylation sites (tertiary alicyclic amines) is 1. The van der Waals surface area contributed by atoms with Crippen LogP contribution in [0.1, 0.15) is 18.4 Å². The fourth-order valence-electron chi connectivity index (χ4n) is 4.52. The van der Waals surface area contributed by atoms with E-state index in [1.165, 1.54) is 18.8 Å². The minimum absolute atomic E-state index is 0.281. The van der Waals surface area contributed by atoms with E-state index in [4.69, 9.17) is 0 Å². The number of anilines is 1. The van der Waals surface area contributed by atoms with Gasteiger partial charge in [-0.15, -0.1) is 0 Å².